The number of aromatic nitrogens is 3. The topological polar surface area (TPSA) is 71.8 Å². The normalized spacial score (nSPS) is 13.4. The van der Waals surface area contributed by atoms with Gasteiger partial charge in [-0.15, -0.1) is 0 Å². The van der Waals surface area contributed by atoms with Gasteiger partial charge in [0.2, 0.25) is 0 Å². The van der Waals surface area contributed by atoms with Gasteiger partial charge in [0, 0.05) is 30.4 Å². The summed E-state index contributed by atoms with van der Waals surface area (Å²) < 4.78 is 1.84. The van der Waals surface area contributed by atoms with Gasteiger partial charge in [0.05, 0.1) is 23.6 Å². The summed E-state index contributed by atoms with van der Waals surface area (Å²) in [5.41, 5.74) is 4.68. The fraction of sp³-hybridized carbons (Fsp3) is 0.250. The van der Waals surface area contributed by atoms with Crippen molar-refractivity contribution in [3.63, 3.8) is 0 Å². The molecule has 2 heterocycles. The Bertz CT molecular complexity index is 915. The SMILES string of the molecule is Cn1nc(C2CC2)cc1CNC(=O)Nc1ccnc(-c2ccccc2)c1. The fourth-order valence-corrected chi connectivity index (χ4v) is 2.90. The molecule has 1 saturated carbocycles. The third-order valence-electron chi connectivity index (χ3n) is 4.51. The molecule has 0 aliphatic heterocycles. The molecule has 0 bridgehead atoms. The minimum absolute atomic E-state index is 0.246. The molecule has 1 aromatic carbocycles. The van der Waals surface area contributed by atoms with Crippen molar-refractivity contribution in [1.29, 1.82) is 0 Å². The molecule has 0 saturated heterocycles. The van der Waals surface area contributed by atoms with Crippen molar-refractivity contribution < 1.29 is 4.79 Å². The number of hydrogen-bond donors (Lipinski definition) is 2. The van der Waals surface area contributed by atoms with Crippen LogP contribution in [0, 0.1) is 0 Å². The van der Waals surface area contributed by atoms with Gasteiger partial charge in [-0.25, -0.2) is 4.79 Å². The molecule has 0 radical (unpaired) electrons. The fourth-order valence-electron chi connectivity index (χ4n) is 2.90. The van der Waals surface area contributed by atoms with Crippen LogP contribution in [0.25, 0.3) is 11.3 Å². The number of nitrogens with zero attached hydrogens (tertiary/aromatic N) is 3. The van der Waals surface area contributed by atoms with Gasteiger partial charge in [0.1, 0.15) is 0 Å². The van der Waals surface area contributed by atoms with E-state index in [1.807, 2.05) is 48.1 Å². The van der Waals surface area contributed by atoms with E-state index in [1.54, 1.807) is 12.3 Å². The van der Waals surface area contributed by atoms with Crippen molar-refractivity contribution >= 4 is 11.7 Å². The van der Waals surface area contributed by atoms with Gasteiger partial charge in [-0.1, -0.05) is 30.3 Å². The minimum atomic E-state index is -0.246. The number of nitrogens with one attached hydrogen (secondary N) is 2. The van der Waals surface area contributed by atoms with Gasteiger partial charge in [-0.3, -0.25) is 9.67 Å². The van der Waals surface area contributed by atoms with Crippen LogP contribution in [-0.4, -0.2) is 20.8 Å². The number of urea groups is 1. The summed E-state index contributed by atoms with van der Waals surface area (Å²) in [6.07, 6.45) is 4.13. The third kappa shape index (κ3) is 3.74. The first kappa shape index (κ1) is 16.3. The van der Waals surface area contributed by atoms with Crippen molar-refractivity contribution in [2.75, 3.05) is 5.32 Å². The Morgan fingerprint density at radius 2 is 2.00 bits per heavy atom. The van der Waals surface area contributed by atoms with Crippen molar-refractivity contribution in [3.8, 4) is 11.3 Å². The average molecular weight is 347 g/mol. The van der Waals surface area contributed by atoms with Crippen molar-refractivity contribution in [2.24, 2.45) is 7.05 Å². The maximum absolute atomic E-state index is 12.2. The number of anilines is 1. The van der Waals surface area contributed by atoms with Crippen LogP contribution in [0.1, 0.15) is 30.1 Å². The molecule has 6 nitrogen and oxygen atoms in total. The average Bonchev–Trinajstić information content (AvgIpc) is 3.44. The zero-order chi connectivity index (χ0) is 17.9. The van der Waals surface area contributed by atoms with E-state index >= 15 is 0 Å². The number of aryl methyl sites for hydroxylation is 1. The smallest absolute Gasteiger partial charge is 0.319 e. The first-order valence-electron chi connectivity index (χ1n) is 8.78. The van der Waals surface area contributed by atoms with Crippen LogP contribution in [0.5, 0.6) is 0 Å². The predicted octanol–water partition coefficient (Wildman–Crippen LogP) is 3.68. The van der Waals surface area contributed by atoms with E-state index < -0.39 is 0 Å². The highest BCUT2D eigenvalue weighted by Gasteiger charge is 2.26. The molecule has 1 aliphatic rings. The number of hydrogen-bond acceptors (Lipinski definition) is 3. The van der Waals surface area contributed by atoms with Crippen molar-refractivity contribution in [1.82, 2.24) is 20.1 Å². The van der Waals surface area contributed by atoms with E-state index in [2.05, 4.69) is 26.8 Å². The Morgan fingerprint density at radius 3 is 2.77 bits per heavy atom. The lowest BCUT2D eigenvalue weighted by Crippen LogP contribution is -2.29. The molecule has 0 atom stereocenters. The second kappa shape index (κ2) is 7.00. The van der Waals surface area contributed by atoms with Crippen LogP contribution in [0.4, 0.5) is 10.5 Å². The first-order valence-corrected chi connectivity index (χ1v) is 8.78. The number of carbonyl (C=O) groups is 1. The van der Waals surface area contributed by atoms with E-state index in [0.717, 1.165) is 22.6 Å². The number of benzene rings is 1. The summed E-state index contributed by atoms with van der Waals surface area (Å²) in [6.45, 7) is 0.443. The van der Waals surface area contributed by atoms with E-state index in [4.69, 9.17) is 0 Å². The molecule has 2 aromatic heterocycles. The molecule has 6 heteroatoms. The molecule has 2 amide bonds. The lowest BCUT2D eigenvalue weighted by molar-refractivity contribution is 0.251. The number of carbonyl (C=O) groups excluding carboxylic acids is 1. The molecule has 3 aromatic rings. The molecule has 0 spiro atoms. The molecule has 4 rings (SSSR count). The summed E-state index contributed by atoms with van der Waals surface area (Å²) in [6, 6.07) is 15.4. The minimum Gasteiger partial charge on any atom is -0.332 e. The summed E-state index contributed by atoms with van der Waals surface area (Å²) in [5, 5.41) is 10.3. The highest BCUT2D eigenvalue weighted by atomic mass is 16.2. The van der Waals surface area contributed by atoms with Crippen LogP contribution in [0.15, 0.2) is 54.7 Å². The molecule has 0 unspecified atom stereocenters. The predicted molar refractivity (Wildman–Crippen MR) is 101 cm³/mol. The van der Waals surface area contributed by atoms with E-state index in [9.17, 15) is 4.79 Å². The van der Waals surface area contributed by atoms with Crippen LogP contribution >= 0.6 is 0 Å². The first-order chi connectivity index (χ1) is 12.7. The summed E-state index contributed by atoms with van der Waals surface area (Å²) in [4.78, 5) is 16.6. The van der Waals surface area contributed by atoms with Crippen LogP contribution < -0.4 is 10.6 Å². The van der Waals surface area contributed by atoms with Gasteiger partial charge in [0.15, 0.2) is 0 Å². The number of amides is 2. The molecular formula is C20H21N5O. The highest BCUT2D eigenvalue weighted by Crippen LogP contribution is 2.39. The third-order valence-corrected chi connectivity index (χ3v) is 4.51. The van der Waals surface area contributed by atoms with Gasteiger partial charge in [0.25, 0.3) is 0 Å². The van der Waals surface area contributed by atoms with Crippen molar-refractivity contribution in [2.45, 2.75) is 25.3 Å². The maximum atomic E-state index is 12.2. The van der Waals surface area contributed by atoms with Crippen LogP contribution in [0.3, 0.4) is 0 Å². The van der Waals surface area contributed by atoms with Crippen molar-refractivity contribution in [3.05, 3.63) is 66.1 Å². The van der Waals surface area contributed by atoms with E-state index in [-0.39, 0.29) is 6.03 Å². The molecule has 1 fully saturated rings. The second-order valence-electron chi connectivity index (χ2n) is 6.56. The van der Waals surface area contributed by atoms with E-state index in [0.29, 0.717) is 18.2 Å². The Kier molecular flexibility index (Phi) is 4.39. The standard InChI is InChI=1S/C20H21N5O/c1-25-17(12-19(24-25)15-7-8-15)13-22-20(26)23-16-9-10-21-18(11-16)14-5-3-2-4-6-14/h2-6,9-12,15H,7-8,13H2,1H3,(H2,21,22,23,26). The summed E-state index contributed by atoms with van der Waals surface area (Å²) in [7, 11) is 1.91. The summed E-state index contributed by atoms with van der Waals surface area (Å²) >= 11 is 0. The van der Waals surface area contributed by atoms with Gasteiger partial charge < -0.3 is 10.6 Å². The Labute approximate surface area is 152 Å². The quantitative estimate of drug-likeness (QED) is 0.739. The number of pyridine rings is 1. The van der Waals surface area contributed by atoms with E-state index in [1.165, 1.54) is 12.8 Å². The molecule has 26 heavy (non-hydrogen) atoms. The lowest BCUT2D eigenvalue weighted by atomic mass is 10.1. The number of rotatable bonds is 5. The van der Waals surface area contributed by atoms with Gasteiger partial charge >= 0.3 is 6.03 Å². The Balaban J connectivity index is 1.37. The molecular weight excluding hydrogens is 326 g/mol. The molecule has 1 aliphatic carbocycles. The second-order valence-corrected chi connectivity index (χ2v) is 6.56. The molecule has 132 valence electrons. The van der Waals surface area contributed by atoms with Gasteiger partial charge in [-0.05, 0) is 31.0 Å². The van der Waals surface area contributed by atoms with Crippen LogP contribution in [-0.2, 0) is 13.6 Å². The monoisotopic (exact) mass is 347 g/mol. The Hall–Kier alpha value is -3.15. The summed E-state index contributed by atoms with van der Waals surface area (Å²) in [5.74, 6) is 0.608. The van der Waals surface area contributed by atoms with Gasteiger partial charge in [-0.2, -0.15) is 5.10 Å². The largest absolute Gasteiger partial charge is 0.332 e. The Morgan fingerprint density at radius 1 is 1.19 bits per heavy atom. The lowest BCUT2D eigenvalue weighted by Gasteiger charge is -2.09. The molecule has 2 N–H and O–H groups in total. The van der Waals surface area contributed by atoms with Crippen LogP contribution in [0.2, 0.25) is 0 Å². The zero-order valence-electron chi connectivity index (χ0n) is 14.6. The highest BCUT2D eigenvalue weighted by molar-refractivity contribution is 5.89. The zero-order valence-corrected chi connectivity index (χ0v) is 14.6. The maximum Gasteiger partial charge on any atom is 0.319 e.